The molecule has 0 spiro atoms. The van der Waals surface area contributed by atoms with Crippen LogP contribution in [0.4, 0.5) is 5.69 Å². The van der Waals surface area contributed by atoms with E-state index < -0.39 is 9.84 Å². The second-order valence-electron chi connectivity index (χ2n) is 4.20. The summed E-state index contributed by atoms with van der Waals surface area (Å²) in [7, 11) is -1.52. The van der Waals surface area contributed by atoms with Crippen molar-refractivity contribution in [3.8, 4) is 5.75 Å². The lowest BCUT2D eigenvalue weighted by Crippen LogP contribution is -2.25. The molecule has 1 amide bonds. The highest BCUT2D eigenvalue weighted by molar-refractivity contribution is 7.90. The lowest BCUT2D eigenvalue weighted by Gasteiger charge is -2.08. The first kappa shape index (κ1) is 15.3. The van der Waals surface area contributed by atoms with Gasteiger partial charge in [0.05, 0.1) is 18.6 Å². The number of carbonyl (C=O) groups is 1. The SMILES string of the molecule is COc1cc(C(=O)NCCCS(C)(=O)=O)ccc1N. The average Bonchev–Trinajstić information content (AvgIpc) is 2.33. The van der Waals surface area contributed by atoms with Gasteiger partial charge in [-0.2, -0.15) is 0 Å². The Morgan fingerprint density at radius 1 is 1.42 bits per heavy atom. The van der Waals surface area contributed by atoms with Crippen LogP contribution in [-0.4, -0.2) is 40.0 Å². The molecule has 0 aliphatic rings. The van der Waals surface area contributed by atoms with Crippen molar-refractivity contribution in [3.63, 3.8) is 0 Å². The maximum Gasteiger partial charge on any atom is 0.251 e. The van der Waals surface area contributed by atoms with Crippen LogP contribution in [0.3, 0.4) is 0 Å². The summed E-state index contributed by atoms with van der Waals surface area (Å²) in [5.41, 5.74) is 6.52. The van der Waals surface area contributed by atoms with Crippen LogP contribution >= 0.6 is 0 Å². The number of methoxy groups -OCH3 is 1. The first-order valence-electron chi connectivity index (χ1n) is 5.73. The summed E-state index contributed by atoms with van der Waals surface area (Å²) in [6.45, 7) is 0.304. The number of carbonyl (C=O) groups excluding carboxylic acids is 1. The molecule has 0 saturated carbocycles. The number of hydrogen-bond acceptors (Lipinski definition) is 5. The van der Waals surface area contributed by atoms with Gasteiger partial charge in [-0.3, -0.25) is 4.79 Å². The van der Waals surface area contributed by atoms with E-state index in [1.54, 1.807) is 18.2 Å². The highest BCUT2D eigenvalue weighted by atomic mass is 32.2. The lowest BCUT2D eigenvalue weighted by molar-refractivity contribution is 0.0953. The fourth-order valence-electron chi connectivity index (χ4n) is 1.49. The Balaban J connectivity index is 2.54. The number of nitrogen functional groups attached to an aromatic ring is 1. The fourth-order valence-corrected chi connectivity index (χ4v) is 2.16. The third-order valence-electron chi connectivity index (χ3n) is 2.47. The predicted molar refractivity (Wildman–Crippen MR) is 74.1 cm³/mol. The molecule has 1 aromatic rings. The molecule has 0 atom stereocenters. The van der Waals surface area contributed by atoms with Crippen molar-refractivity contribution in [1.82, 2.24) is 5.32 Å². The highest BCUT2D eigenvalue weighted by Gasteiger charge is 2.09. The molecule has 0 unspecified atom stereocenters. The molecule has 1 rings (SSSR count). The lowest BCUT2D eigenvalue weighted by atomic mass is 10.2. The summed E-state index contributed by atoms with van der Waals surface area (Å²) in [6.07, 6.45) is 1.55. The Morgan fingerprint density at radius 3 is 2.68 bits per heavy atom. The molecule has 3 N–H and O–H groups in total. The van der Waals surface area contributed by atoms with Gasteiger partial charge < -0.3 is 15.8 Å². The van der Waals surface area contributed by atoms with Crippen molar-refractivity contribution in [1.29, 1.82) is 0 Å². The van der Waals surface area contributed by atoms with Crippen LogP contribution in [0.15, 0.2) is 18.2 Å². The van der Waals surface area contributed by atoms with E-state index in [4.69, 9.17) is 10.5 Å². The zero-order chi connectivity index (χ0) is 14.5. The van der Waals surface area contributed by atoms with Gasteiger partial charge in [0.15, 0.2) is 0 Å². The predicted octanol–water partition coefficient (Wildman–Crippen LogP) is 0.442. The molecular weight excluding hydrogens is 268 g/mol. The first-order chi connectivity index (χ1) is 8.83. The average molecular weight is 286 g/mol. The quantitative estimate of drug-likeness (QED) is 0.584. The fraction of sp³-hybridized carbons (Fsp3) is 0.417. The molecule has 7 heteroatoms. The van der Waals surface area contributed by atoms with Gasteiger partial charge in [-0.05, 0) is 24.6 Å². The zero-order valence-electron chi connectivity index (χ0n) is 11.0. The van der Waals surface area contributed by atoms with E-state index in [2.05, 4.69) is 5.32 Å². The molecule has 106 valence electrons. The summed E-state index contributed by atoms with van der Waals surface area (Å²) < 4.78 is 26.9. The molecule has 6 nitrogen and oxygen atoms in total. The van der Waals surface area contributed by atoms with Gasteiger partial charge in [0, 0.05) is 18.4 Å². The summed E-state index contributed by atoms with van der Waals surface area (Å²) >= 11 is 0. The Hall–Kier alpha value is -1.76. The number of nitrogens with two attached hydrogens (primary N) is 1. The maximum atomic E-state index is 11.8. The van der Waals surface area contributed by atoms with Gasteiger partial charge in [-0.1, -0.05) is 0 Å². The van der Waals surface area contributed by atoms with Crippen LogP contribution in [0.5, 0.6) is 5.75 Å². The largest absolute Gasteiger partial charge is 0.495 e. The smallest absolute Gasteiger partial charge is 0.251 e. The van der Waals surface area contributed by atoms with E-state index in [1.165, 1.54) is 13.4 Å². The number of ether oxygens (including phenoxy) is 1. The van der Waals surface area contributed by atoms with Crippen LogP contribution in [0.2, 0.25) is 0 Å². The molecule has 0 aliphatic heterocycles. The van der Waals surface area contributed by atoms with Gasteiger partial charge in [0.2, 0.25) is 0 Å². The van der Waals surface area contributed by atoms with Gasteiger partial charge >= 0.3 is 0 Å². The number of benzene rings is 1. The highest BCUT2D eigenvalue weighted by Crippen LogP contribution is 2.21. The van der Waals surface area contributed by atoms with Crippen LogP contribution in [0.25, 0.3) is 0 Å². The summed E-state index contributed by atoms with van der Waals surface area (Å²) in [4.78, 5) is 11.8. The van der Waals surface area contributed by atoms with Crippen LogP contribution in [-0.2, 0) is 9.84 Å². The molecule has 0 bridgehead atoms. The summed E-state index contributed by atoms with van der Waals surface area (Å²) in [6, 6.07) is 4.72. The monoisotopic (exact) mass is 286 g/mol. The minimum atomic E-state index is -2.99. The Labute approximate surface area is 112 Å². The molecule has 0 saturated heterocycles. The molecule has 0 heterocycles. The third-order valence-corrected chi connectivity index (χ3v) is 3.50. The summed E-state index contributed by atoms with van der Waals surface area (Å²) in [5.74, 6) is 0.203. The van der Waals surface area contributed by atoms with E-state index in [0.29, 0.717) is 30.0 Å². The number of anilines is 1. The molecule has 0 fully saturated rings. The minimum Gasteiger partial charge on any atom is -0.495 e. The Bertz CT molecular complexity index is 555. The van der Waals surface area contributed by atoms with E-state index in [-0.39, 0.29) is 11.7 Å². The van der Waals surface area contributed by atoms with Crippen LogP contribution < -0.4 is 15.8 Å². The van der Waals surface area contributed by atoms with E-state index in [0.717, 1.165) is 0 Å². The van der Waals surface area contributed by atoms with Gasteiger partial charge in [0.25, 0.3) is 5.91 Å². The maximum absolute atomic E-state index is 11.8. The number of hydrogen-bond donors (Lipinski definition) is 2. The number of rotatable bonds is 6. The topological polar surface area (TPSA) is 98.5 Å². The van der Waals surface area contributed by atoms with E-state index in [1.807, 2.05) is 0 Å². The molecular formula is C12H18N2O4S. The first-order valence-corrected chi connectivity index (χ1v) is 7.79. The normalized spacial score (nSPS) is 11.1. The zero-order valence-corrected chi connectivity index (χ0v) is 11.8. The summed E-state index contributed by atoms with van der Waals surface area (Å²) in [5, 5.41) is 2.64. The Morgan fingerprint density at radius 2 is 2.11 bits per heavy atom. The standard InChI is InChI=1S/C12H18N2O4S/c1-18-11-8-9(4-5-10(11)13)12(15)14-6-3-7-19(2,16)17/h4-5,8H,3,6-7,13H2,1-2H3,(H,14,15). The van der Waals surface area contributed by atoms with Crippen LogP contribution in [0, 0.1) is 0 Å². The second kappa shape index (κ2) is 6.42. The number of nitrogens with one attached hydrogen (secondary N) is 1. The van der Waals surface area contributed by atoms with Crippen molar-refractivity contribution in [2.75, 3.05) is 31.4 Å². The van der Waals surface area contributed by atoms with Crippen molar-refractivity contribution in [2.45, 2.75) is 6.42 Å². The molecule has 0 aliphatic carbocycles. The number of amides is 1. The van der Waals surface area contributed by atoms with Crippen molar-refractivity contribution in [3.05, 3.63) is 23.8 Å². The second-order valence-corrected chi connectivity index (χ2v) is 6.46. The van der Waals surface area contributed by atoms with Crippen LogP contribution in [0.1, 0.15) is 16.8 Å². The van der Waals surface area contributed by atoms with E-state index in [9.17, 15) is 13.2 Å². The Kier molecular flexibility index (Phi) is 5.17. The minimum absolute atomic E-state index is 0.0539. The van der Waals surface area contributed by atoms with Crippen molar-refractivity contribution >= 4 is 21.4 Å². The van der Waals surface area contributed by atoms with Gasteiger partial charge in [-0.25, -0.2) is 8.42 Å². The van der Waals surface area contributed by atoms with Gasteiger partial charge in [0.1, 0.15) is 15.6 Å². The van der Waals surface area contributed by atoms with Crippen molar-refractivity contribution in [2.24, 2.45) is 0 Å². The molecule has 19 heavy (non-hydrogen) atoms. The van der Waals surface area contributed by atoms with Gasteiger partial charge in [-0.15, -0.1) is 0 Å². The molecule has 0 radical (unpaired) electrons. The van der Waals surface area contributed by atoms with Crippen molar-refractivity contribution < 1.29 is 17.9 Å². The van der Waals surface area contributed by atoms with E-state index >= 15 is 0 Å². The molecule has 0 aromatic heterocycles. The number of sulfone groups is 1. The molecule has 1 aromatic carbocycles. The third kappa shape index (κ3) is 5.17.